The summed E-state index contributed by atoms with van der Waals surface area (Å²) in [5, 5.41) is 15.6. The monoisotopic (exact) mass is 570 g/mol. The summed E-state index contributed by atoms with van der Waals surface area (Å²) in [5.74, 6) is -1.22. The van der Waals surface area contributed by atoms with Crippen LogP contribution >= 0.6 is 15.9 Å². The number of fused-ring (bicyclic) bond motifs is 1. The van der Waals surface area contributed by atoms with Gasteiger partial charge in [0.15, 0.2) is 12.1 Å². The molecule has 0 saturated carbocycles. The smallest absolute Gasteiger partial charge is 0.264 e. The van der Waals surface area contributed by atoms with Crippen molar-refractivity contribution in [1.29, 1.82) is 0 Å². The molecule has 10 heteroatoms. The van der Waals surface area contributed by atoms with E-state index in [1.54, 1.807) is 12.1 Å². The zero-order valence-corrected chi connectivity index (χ0v) is 22.0. The largest absolute Gasteiger partial charge is 0.271 e. The highest BCUT2D eigenvalue weighted by Gasteiger charge is 2.55. The second-order valence-corrected chi connectivity index (χ2v) is 10.4. The summed E-state index contributed by atoms with van der Waals surface area (Å²) in [6, 6.07) is 22.4. The van der Waals surface area contributed by atoms with Gasteiger partial charge in [0.25, 0.3) is 17.7 Å². The number of anilines is 1. The zero-order chi connectivity index (χ0) is 26.4. The summed E-state index contributed by atoms with van der Waals surface area (Å²) in [5.41, 5.74) is 4.17. The Balaban J connectivity index is 1.25. The molecule has 9 nitrogen and oxygen atoms in total. The van der Waals surface area contributed by atoms with E-state index in [0.29, 0.717) is 12.1 Å². The molecule has 0 aromatic heterocycles. The quantitative estimate of drug-likeness (QED) is 0.424. The normalized spacial score (nSPS) is 22.3. The Labute approximate surface area is 227 Å². The Morgan fingerprint density at radius 2 is 1.66 bits per heavy atom. The molecule has 6 rings (SSSR count). The molecule has 3 heterocycles. The fraction of sp³-hybridized carbons (Fsp3) is 0.214. The number of amides is 3. The van der Waals surface area contributed by atoms with Crippen molar-refractivity contribution in [1.82, 2.24) is 10.0 Å². The Bertz CT molecular complexity index is 1470. The van der Waals surface area contributed by atoms with Crippen LogP contribution in [0.1, 0.15) is 29.2 Å². The molecule has 0 spiro atoms. The fourth-order valence-electron chi connectivity index (χ4n) is 5.01. The number of imide groups is 1. The molecule has 3 amide bonds. The van der Waals surface area contributed by atoms with Gasteiger partial charge in [-0.1, -0.05) is 81.3 Å². The average molecular weight is 571 g/mol. The van der Waals surface area contributed by atoms with E-state index in [2.05, 4.69) is 26.3 Å². The molecule has 190 valence electrons. The molecule has 38 heavy (non-hydrogen) atoms. The number of halogens is 1. The van der Waals surface area contributed by atoms with Crippen molar-refractivity contribution in [3.05, 3.63) is 100 Å². The van der Waals surface area contributed by atoms with Gasteiger partial charge in [-0.3, -0.25) is 19.4 Å². The van der Waals surface area contributed by atoms with Crippen LogP contribution in [-0.2, 0) is 14.4 Å². The average Bonchev–Trinajstić information content (AvgIpc) is 3.61. The van der Waals surface area contributed by atoms with Crippen LogP contribution in [0, 0.1) is 6.92 Å². The van der Waals surface area contributed by atoms with Crippen molar-refractivity contribution < 1.29 is 14.4 Å². The van der Waals surface area contributed by atoms with Gasteiger partial charge < -0.3 is 0 Å². The van der Waals surface area contributed by atoms with Crippen LogP contribution < -0.4 is 4.90 Å². The number of hydrogen-bond acceptors (Lipinski definition) is 7. The molecule has 0 N–H and O–H groups in total. The van der Waals surface area contributed by atoms with Crippen LogP contribution in [0.25, 0.3) is 0 Å². The van der Waals surface area contributed by atoms with Crippen molar-refractivity contribution in [2.24, 2.45) is 15.4 Å². The van der Waals surface area contributed by atoms with Crippen molar-refractivity contribution in [3.63, 3.8) is 0 Å². The molecule has 3 aliphatic rings. The number of carbonyl (C=O) groups excluding carboxylic acids is 3. The van der Waals surface area contributed by atoms with Gasteiger partial charge in [-0.15, -0.1) is 0 Å². The van der Waals surface area contributed by atoms with Crippen LogP contribution in [0.2, 0.25) is 0 Å². The van der Waals surface area contributed by atoms with Gasteiger partial charge in [-0.2, -0.15) is 10.2 Å². The van der Waals surface area contributed by atoms with Crippen molar-refractivity contribution in [3.8, 4) is 0 Å². The maximum absolute atomic E-state index is 13.6. The van der Waals surface area contributed by atoms with Gasteiger partial charge in [-0.25, -0.2) is 9.91 Å². The summed E-state index contributed by atoms with van der Waals surface area (Å²) in [6.07, 6.45) is 0.545. The molecule has 3 aliphatic heterocycles. The third kappa shape index (κ3) is 4.20. The molecule has 0 radical (unpaired) electrons. The van der Waals surface area contributed by atoms with E-state index >= 15 is 0 Å². The second kappa shape index (κ2) is 9.60. The highest BCUT2D eigenvalue weighted by atomic mass is 79.9. The summed E-state index contributed by atoms with van der Waals surface area (Å²) in [6.45, 7) is 1.70. The first kappa shape index (κ1) is 24.2. The lowest BCUT2D eigenvalue weighted by atomic mass is 9.98. The van der Waals surface area contributed by atoms with E-state index in [0.717, 1.165) is 31.8 Å². The first-order valence-electron chi connectivity index (χ1n) is 12.2. The predicted octanol–water partition coefficient (Wildman–Crippen LogP) is 4.43. The number of benzene rings is 3. The Kier molecular flexibility index (Phi) is 6.11. The Hall–Kier alpha value is -4.18. The summed E-state index contributed by atoms with van der Waals surface area (Å²) >= 11 is 3.46. The number of rotatable bonds is 5. The highest BCUT2D eigenvalue weighted by Crippen LogP contribution is 2.35. The van der Waals surface area contributed by atoms with E-state index < -0.39 is 23.9 Å². The van der Waals surface area contributed by atoms with Gasteiger partial charge in [0, 0.05) is 10.9 Å². The Morgan fingerprint density at radius 1 is 0.947 bits per heavy atom. The van der Waals surface area contributed by atoms with Crippen LogP contribution in [0.4, 0.5) is 5.69 Å². The zero-order valence-electron chi connectivity index (χ0n) is 20.4. The second-order valence-electron chi connectivity index (χ2n) is 9.46. The van der Waals surface area contributed by atoms with Gasteiger partial charge >= 0.3 is 0 Å². The number of carbonyl (C=O) groups is 3. The SMILES string of the molecule is Cc1ccc(N2C(=O)[C@H]3N=NN(CC(=O)N4N=C(c5ccc(Br)cc5)C[C@H]4c4ccccc4)[C@H]3C2=O)cc1. The van der Waals surface area contributed by atoms with E-state index in [1.165, 1.54) is 10.0 Å². The van der Waals surface area contributed by atoms with Gasteiger partial charge in [0.05, 0.1) is 17.4 Å². The minimum Gasteiger partial charge on any atom is -0.271 e. The number of hydrogen-bond donors (Lipinski definition) is 0. The number of aryl methyl sites for hydroxylation is 1. The molecule has 0 unspecified atom stereocenters. The van der Waals surface area contributed by atoms with Crippen LogP contribution in [0.5, 0.6) is 0 Å². The summed E-state index contributed by atoms with van der Waals surface area (Å²) in [4.78, 5) is 41.1. The summed E-state index contributed by atoms with van der Waals surface area (Å²) < 4.78 is 0.955. The topological polar surface area (TPSA) is 98.0 Å². The minimum atomic E-state index is -0.970. The standard InChI is InChI=1S/C28H23BrN6O3/c1-17-7-13-21(14-8-17)34-27(37)25-26(28(34)38)33(32-30-25)16-24(36)35-23(19-5-3-2-4-6-19)15-22(31-35)18-9-11-20(29)12-10-18/h2-14,23,25-26H,15-16H2,1H3/t23-,25-,26+/m0/s1. The lowest BCUT2D eigenvalue weighted by molar-refractivity contribution is -0.135. The molecular formula is C28H23BrN6O3. The molecule has 3 aromatic rings. The third-order valence-corrected chi connectivity index (χ3v) is 7.50. The minimum absolute atomic E-state index is 0.230. The molecular weight excluding hydrogens is 548 g/mol. The fourth-order valence-corrected chi connectivity index (χ4v) is 5.27. The molecule has 3 aromatic carbocycles. The number of nitrogens with zero attached hydrogens (tertiary/aromatic N) is 6. The molecule has 0 aliphatic carbocycles. The van der Waals surface area contributed by atoms with Crippen LogP contribution in [0.15, 0.2) is 98.8 Å². The summed E-state index contributed by atoms with van der Waals surface area (Å²) in [7, 11) is 0. The van der Waals surface area contributed by atoms with Gasteiger partial charge in [-0.05, 0) is 42.3 Å². The van der Waals surface area contributed by atoms with Gasteiger partial charge in [0.2, 0.25) is 0 Å². The maximum Gasteiger partial charge on any atom is 0.264 e. The Morgan fingerprint density at radius 3 is 2.37 bits per heavy atom. The predicted molar refractivity (Wildman–Crippen MR) is 144 cm³/mol. The first-order valence-corrected chi connectivity index (χ1v) is 13.0. The maximum atomic E-state index is 13.6. The van der Waals surface area contributed by atoms with Crippen LogP contribution in [0.3, 0.4) is 0 Å². The molecule has 1 saturated heterocycles. The van der Waals surface area contributed by atoms with Crippen LogP contribution in [-0.4, -0.2) is 52.1 Å². The van der Waals surface area contributed by atoms with E-state index in [9.17, 15) is 14.4 Å². The van der Waals surface area contributed by atoms with E-state index in [1.807, 2.05) is 73.7 Å². The van der Waals surface area contributed by atoms with Crippen molar-refractivity contribution in [2.75, 3.05) is 11.4 Å². The van der Waals surface area contributed by atoms with Crippen molar-refractivity contribution in [2.45, 2.75) is 31.5 Å². The first-order chi connectivity index (χ1) is 18.4. The van der Waals surface area contributed by atoms with Crippen molar-refractivity contribution >= 4 is 45.1 Å². The number of hydrazone groups is 1. The van der Waals surface area contributed by atoms with Gasteiger partial charge in [0.1, 0.15) is 6.54 Å². The third-order valence-electron chi connectivity index (χ3n) is 6.98. The molecule has 1 fully saturated rings. The lowest BCUT2D eigenvalue weighted by Gasteiger charge is -2.25. The van der Waals surface area contributed by atoms with E-state index in [4.69, 9.17) is 5.10 Å². The molecule has 3 atom stereocenters. The van der Waals surface area contributed by atoms with E-state index in [-0.39, 0.29) is 18.5 Å². The molecule has 0 bridgehead atoms. The lowest BCUT2D eigenvalue weighted by Crippen LogP contribution is -2.44. The highest BCUT2D eigenvalue weighted by molar-refractivity contribution is 9.10.